The summed E-state index contributed by atoms with van der Waals surface area (Å²) in [5.41, 5.74) is 1.82. The van der Waals surface area contributed by atoms with E-state index in [9.17, 15) is 9.59 Å². The number of aromatic amines is 1. The van der Waals surface area contributed by atoms with Crippen LogP contribution in [0.3, 0.4) is 0 Å². The van der Waals surface area contributed by atoms with Gasteiger partial charge in [-0.25, -0.2) is 4.98 Å². The minimum absolute atomic E-state index is 0.191. The van der Waals surface area contributed by atoms with Crippen molar-refractivity contribution in [2.24, 2.45) is 0 Å². The summed E-state index contributed by atoms with van der Waals surface area (Å²) >= 11 is 0. The summed E-state index contributed by atoms with van der Waals surface area (Å²) in [6, 6.07) is 7.40. The minimum atomic E-state index is -0.316. The van der Waals surface area contributed by atoms with Crippen LogP contribution in [0.15, 0.2) is 35.3 Å². The molecule has 2 aromatic heterocycles. The molecule has 1 saturated heterocycles. The van der Waals surface area contributed by atoms with Gasteiger partial charge in [0.15, 0.2) is 0 Å². The first-order valence-corrected chi connectivity index (χ1v) is 8.21. The average molecular weight is 326 g/mol. The summed E-state index contributed by atoms with van der Waals surface area (Å²) in [7, 11) is 1.84. The van der Waals surface area contributed by atoms with E-state index in [0.717, 1.165) is 24.4 Å². The lowest BCUT2D eigenvalue weighted by Crippen LogP contribution is -2.41. The third-order valence-corrected chi connectivity index (χ3v) is 4.51. The summed E-state index contributed by atoms with van der Waals surface area (Å²) in [5.74, 6) is 0.900. The molecule has 6 nitrogen and oxygen atoms in total. The first kappa shape index (κ1) is 16.2. The van der Waals surface area contributed by atoms with Crippen molar-refractivity contribution in [2.45, 2.75) is 25.7 Å². The number of nitrogens with zero attached hydrogens (tertiary/aromatic N) is 2. The highest BCUT2D eigenvalue weighted by atomic mass is 16.2. The van der Waals surface area contributed by atoms with Gasteiger partial charge in [-0.3, -0.25) is 9.59 Å². The van der Waals surface area contributed by atoms with Gasteiger partial charge in [0.05, 0.1) is 0 Å². The summed E-state index contributed by atoms with van der Waals surface area (Å²) in [4.78, 5) is 33.5. The molecule has 1 aliphatic heterocycles. The third kappa shape index (κ3) is 3.32. The van der Waals surface area contributed by atoms with Gasteiger partial charge in [0.25, 0.3) is 11.5 Å². The zero-order valence-electron chi connectivity index (χ0n) is 14.0. The SMILES string of the molecule is CNc1cc(C2CCCN(C(=O)c3ccc(C)[nH]c3=O)C2)ccn1. The van der Waals surface area contributed by atoms with Crippen molar-refractivity contribution >= 4 is 11.7 Å². The zero-order chi connectivity index (χ0) is 17.1. The minimum Gasteiger partial charge on any atom is -0.373 e. The number of aromatic nitrogens is 2. The molecular weight excluding hydrogens is 304 g/mol. The summed E-state index contributed by atoms with van der Waals surface area (Å²) in [6.07, 6.45) is 3.74. The zero-order valence-corrected chi connectivity index (χ0v) is 14.0. The average Bonchev–Trinajstić information content (AvgIpc) is 2.61. The Bertz CT molecular complexity index is 800. The van der Waals surface area contributed by atoms with Gasteiger partial charge < -0.3 is 15.2 Å². The van der Waals surface area contributed by atoms with E-state index in [2.05, 4.69) is 15.3 Å². The van der Waals surface area contributed by atoms with Crippen LogP contribution in [0, 0.1) is 6.92 Å². The Morgan fingerprint density at radius 1 is 1.38 bits per heavy atom. The number of rotatable bonds is 3. The second-order valence-electron chi connectivity index (χ2n) is 6.20. The molecule has 1 amide bonds. The van der Waals surface area contributed by atoms with Crippen molar-refractivity contribution in [3.8, 4) is 0 Å². The second-order valence-corrected chi connectivity index (χ2v) is 6.20. The molecule has 0 radical (unpaired) electrons. The largest absolute Gasteiger partial charge is 0.373 e. The van der Waals surface area contributed by atoms with E-state index in [0.29, 0.717) is 13.1 Å². The Hall–Kier alpha value is -2.63. The number of anilines is 1. The summed E-state index contributed by atoms with van der Waals surface area (Å²) in [5, 5.41) is 3.04. The molecule has 2 aromatic rings. The molecule has 0 aliphatic carbocycles. The molecule has 126 valence electrons. The maximum Gasteiger partial charge on any atom is 0.260 e. The van der Waals surface area contributed by atoms with Gasteiger partial charge in [-0.1, -0.05) is 0 Å². The van der Waals surface area contributed by atoms with E-state index in [-0.39, 0.29) is 22.9 Å². The fraction of sp³-hybridized carbons (Fsp3) is 0.389. The van der Waals surface area contributed by atoms with E-state index in [4.69, 9.17) is 0 Å². The first-order chi connectivity index (χ1) is 11.6. The highest BCUT2D eigenvalue weighted by molar-refractivity contribution is 5.94. The molecule has 1 aliphatic rings. The molecule has 6 heteroatoms. The standard InChI is InChI=1S/C18H22N4O2/c1-12-5-6-15(17(23)21-12)18(24)22-9-3-4-14(11-22)13-7-8-20-16(10-13)19-2/h5-8,10,14H,3-4,9,11H2,1-2H3,(H,19,20)(H,21,23). The first-order valence-electron chi connectivity index (χ1n) is 8.21. The number of nitrogens with one attached hydrogen (secondary N) is 2. The molecule has 1 unspecified atom stereocenters. The molecule has 1 atom stereocenters. The van der Waals surface area contributed by atoms with Crippen molar-refractivity contribution < 1.29 is 4.79 Å². The van der Waals surface area contributed by atoms with Crippen LogP contribution >= 0.6 is 0 Å². The molecule has 1 fully saturated rings. The Morgan fingerprint density at radius 2 is 2.21 bits per heavy atom. The molecular formula is C18H22N4O2. The summed E-state index contributed by atoms with van der Waals surface area (Å²) < 4.78 is 0. The van der Waals surface area contributed by atoms with E-state index in [1.54, 1.807) is 30.2 Å². The fourth-order valence-corrected chi connectivity index (χ4v) is 3.18. The van der Waals surface area contributed by atoms with E-state index < -0.39 is 0 Å². The van der Waals surface area contributed by atoms with Crippen LogP contribution in [0.2, 0.25) is 0 Å². The van der Waals surface area contributed by atoms with Crippen molar-refractivity contribution in [1.29, 1.82) is 0 Å². The number of amides is 1. The number of hydrogen-bond acceptors (Lipinski definition) is 4. The molecule has 0 saturated carbocycles. The molecule has 2 N–H and O–H groups in total. The van der Waals surface area contributed by atoms with Crippen LogP contribution in [0.1, 0.15) is 40.4 Å². The number of aryl methyl sites for hydroxylation is 1. The molecule has 0 spiro atoms. The topological polar surface area (TPSA) is 78.1 Å². The fourth-order valence-electron chi connectivity index (χ4n) is 3.18. The van der Waals surface area contributed by atoms with E-state index in [1.807, 2.05) is 19.2 Å². The molecule has 0 bridgehead atoms. The molecule has 3 rings (SSSR count). The number of H-pyrrole nitrogens is 1. The predicted molar refractivity (Wildman–Crippen MR) is 93.5 cm³/mol. The highest BCUT2D eigenvalue weighted by Crippen LogP contribution is 2.28. The van der Waals surface area contributed by atoms with Crippen molar-refractivity contribution in [1.82, 2.24) is 14.9 Å². The number of carbonyl (C=O) groups is 1. The van der Waals surface area contributed by atoms with Crippen LogP contribution in [-0.4, -0.2) is 40.9 Å². The lowest BCUT2D eigenvalue weighted by Gasteiger charge is -2.33. The van der Waals surface area contributed by atoms with E-state index >= 15 is 0 Å². The van der Waals surface area contributed by atoms with E-state index in [1.165, 1.54) is 5.56 Å². The smallest absolute Gasteiger partial charge is 0.260 e. The second kappa shape index (κ2) is 6.86. The Labute approximate surface area is 140 Å². The lowest BCUT2D eigenvalue weighted by atomic mass is 9.91. The van der Waals surface area contributed by atoms with Gasteiger partial charge >= 0.3 is 0 Å². The van der Waals surface area contributed by atoms with Crippen molar-refractivity contribution in [3.05, 3.63) is 57.6 Å². The maximum absolute atomic E-state index is 12.7. The Morgan fingerprint density at radius 3 is 2.96 bits per heavy atom. The number of piperidine rings is 1. The van der Waals surface area contributed by atoms with Crippen LogP contribution in [0.5, 0.6) is 0 Å². The van der Waals surface area contributed by atoms with Gasteiger partial charge in [0.2, 0.25) is 0 Å². The Kier molecular flexibility index (Phi) is 4.64. The van der Waals surface area contributed by atoms with Crippen molar-refractivity contribution in [2.75, 3.05) is 25.5 Å². The molecule has 3 heterocycles. The number of carbonyl (C=O) groups excluding carboxylic acids is 1. The van der Waals surface area contributed by atoms with Crippen LogP contribution in [0.25, 0.3) is 0 Å². The number of likely N-dealkylation sites (tertiary alicyclic amines) is 1. The van der Waals surface area contributed by atoms with Gasteiger partial charge in [-0.2, -0.15) is 0 Å². The lowest BCUT2D eigenvalue weighted by molar-refractivity contribution is 0.0705. The van der Waals surface area contributed by atoms with Gasteiger partial charge in [-0.15, -0.1) is 0 Å². The van der Waals surface area contributed by atoms with Gasteiger partial charge in [0, 0.05) is 37.9 Å². The normalized spacial score (nSPS) is 17.6. The van der Waals surface area contributed by atoms with Crippen LogP contribution in [-0.2, 0) is 0 Å². The number of pyridine rings is 2. The monoisotopic (exact) mass is 326 g/mol. The van der Waals surface area contributed by atoms with Crippen LogP contribution < -0.4 is 10.9 Å². The quantitative estimate of drug-likeness (QED) is 0.906. The van der Waals surface area contributed by atoms with Crippen LogP contribution in [0.4, 0.5) is 5.82 Å². The van der Waals surface area contributed by atoms with Gasteiger partial charge in [0.1, 0.15) is 11.4 Å². The molecule has 0 aromatic carbocycles. The van der Waals surface area contributed by atoms with Gasteiger partial charge in [-0.05, 0) is 49.6 Å². The third-order valence-electron chi connectivity index (χ3n) is 4.51. The predicted octanol–water partition coefficient (Wildman–Crippen LogP) is 2.14. The maximum atomic E-state index is 12.7. The van der Waals surface area contributed by atoms with Crippen molar-refractivity contribution in [3.63, 3.8) is 0 Å². The highest BCUT2D eigenvalue weighted by Gasteiger charge is 2.27. The summed E-state index contributed by atoms with van der Waals surface area (Å²) in [6.45, 7) is 3.11. The molecule has 24 heavy (non-hydrogen) atoms. The Balaban J connectivity index is 1.80. The number of hydrogen-bond donors (Lipinski definition) is 2.